The fourth-order valence-corrected chi connectivity index (χ4v) is 7.88. The summed E-state index contributed by atoms with van der Waals surface area (Å²) in [5, 5.41) is 2.67. The Morgan fingerprint density at radius 3 is 2.30 bits per heavy atom. The summed E-state index contributed by atoms with van der Waals surface area (Å²) in [5.41, 5.74) is 2.03. The molecule has 5 rings (SSSR count). The molecule has 0 saturated heterocycles. The van der Waals surface area contributed by atoms with Gasteiger partial charge in [-0.15, -0.1) is 4.72 Å². The third-order valence-corrected chi connectivity index (χ3v) is 12.9. The van der Waals surface area contributed by atoms with E-state index in [1.807, 2.05) is 43.5 Å². The van der Waals surface area contributed by atoms with E-state index in [2.05, 4.69) is 29.7 Å². The van der Waals surface area contributed by atoms with Crippen molar-refractivity contribution in [1.82, 2.24) is 19.6 Å². The zero-order valence-corrected chi connectivity index (χ0v) is 30.5. The first-order chi connectivity index (χ1) is 21.8. The van der Waals surface area contributed by atoms with Gasteiger partial charge in [0, 0.05) is 45.3 Å². The second-order valence-corrected chi connectivity index (χ2v) is 23.9. The number of imidazole rings is 1. The third-order valence-electron chi connectivity index (χ3n) is 9.63. The van der Waals surface area contributed by atoms with Crippen molar-refractivity contribution in [2.24, 2.45) is 17.8 Å². The number of nitrogens with zero attached hydrogens (tertiary/aromatic N) is 2. The Hall–Kier alpha value is -1.67. The number of halogens is 4. The van der Waals surface area contributed by atoms with Gasteiger partial charge in [0.1, 0.15) is 23.3 Å². The van der Waals surface area contributed by atoms with Crippen molar-refractivity contribution >= 4 is 36.4 Å². The number of hydrogen-bond donors (Lipinski definition) is 2. The minimum Gasteiger partial charge on any atom is -0.598 e. The molecule has 1 aromatic carbocycles. The van der Waals surface area contributed by atoms with Gasteiger partial charge in [0.2, 0.25) is 5.92 Å². The van der Waals surface area contributed by atoms with Crippen LogP contribution >= 0.6 is 0 Å². The number of nitrogens with one attached hydrogen (secondary N) is 2. The summed E-state index contributed by atoms with van der Waals surface area (Å²) in [6.07, 6.45) is 2.73. The molecule has 7 nitrogen and oxygen atoms in total. The predicted molar refractivity (Wildman–Crippen MR) is 180 cm³/mol. The number of aromatic nitrogens is 2. The van der Waals surface area contributed by atoms with Gasteiger partial charge in [-0.25, -0.2) is 13.8 Å². The molecule has 1 unspecified atom stereocenters. The number of ether oxygens (including phenoxy) is 1. The number of carbonyl (C=O) groups is 1. The van der Waals surface area contributed by atoms with Gasteiger partial charge in [0.25, 0.3) is 5.91 Å². The largest absolute Gasteiger partial charge is 0.598 e. The highest BCUT2D eigenvalue weighted by molar-refractivity contribution is 7.90. The van der Waals surface area contributed by atoms with Crippen molar-refractivity contribution in [3.8, 4) is 0 Å². The van der Waals surface area contributed by atoms with Crippen molar-refractivity contribution in [3.05, 3.63) is 29.6 Å². The van der Waals surface area contributed by atoms with Gasteiger partial charge < -0.3 is 19.2 Å². The highest BCUT2D eigenvalue weighted by Gasteiger charge is 2.46. The second-order valence-electron chi connectivity index (χ2n) is 16.3. The molecule has 2 N–H and O–H groups in total. The van der Waals surface area contributed by atoms with Gasteiger partial charge >= 0.3 is 5.92 Å². The Balaban J connectivity index is 1.50. The summed E-state index contributed by atoms with van der Waals surface area (Å²) in [5.74, 6) is -7.08. The summed E-state index contributed by atoms with van der Waals surface area (Å²) in [4.78, 5) is 17.8. The molecule has 0 aliphatic heterocycles. The van der Waals surface area contributed by atoms with Crippen molar-refractivity contribution < 1.29 is 31.6 Å². The molecule has 13 heteroatoms. The van der Waals surface area contributed by atoms with E-state index in [1.54, 1.807) is 0 Å². The average Bonchev–Trinajstić information content (AvgIpc) is 3.90. The normalized spacial score (nSPS) is 21.5. The lowest BCUT2D eigenvalue weighted by Crippen LogP contribution is -2.45. The van der Waals surface area contributed by atoms with Gasteiger partial charge in [0.15, 0.2) is 0 Å². The quantitative estimate of drug-likeness (QED) is 0.0845. The third kappa shape index (κ3) is 9.73. The Labute approximate surface area is 280 Å². The first kappa shape index (κ1) is 36.6. The SMILES string of the molecule is CC(C)(C)[S+]([O-])N[C@H](c1nc2cc([C@H](NC(=O)C(F)(F)CC3CC3)C3CC3)ccc2n1COCC[Si](C)(C)C)C1CCC(F)(F)CC1. The van der Waals surface area contributed by atoms with Gasteiger partial charge in [-0.3, -0.25) is 4.79 Å². The molecular weight excluding hydrogens is 649 g/mol. The second kappa shape index (κ2) is 13.9. The van der Waals surface area contributed by atoms with Crippen LogP contribution in [-0.2, 0) is 27.6 Å². The molecule has 1 heterocycles. The standard InChI is InChI=1S/C34H52F4N4O3SSi/c1-32(2,3)46(44)41-29(24-13-15-33(35,36)16-14-24)30-39-26-19-25(11-12-27(26)42(30)21-45-17-18-47(4,5)6)28(23-9-10-23)40-31(43)34(37,38)20-22-7-8-22/h11-12,19,22-24,28-29,41H,7-10,13-18,20-21H2,1-6H3,(H,40,43)/t28-,29+,46?/m1/s1. The van der Waals surface area contributed by atoms with Crippen molar-refractivity contribution in [2.75, 3.05) is 6.61 Å². The zero-order chi connectivity index (χ0) is 34.4. The van der Waals surface area contributed by atoms with Crippen molar-refractivity contribution in [2.45, 2.75) is 140 Å². The van der Waals surface area contributed by atoms with Crippen LogP contribution in [0.2, 0.25) is 25.7 Å². The number of fused-ring (bicyclic) bond motifs is 1. The molecule has 0 radical (unpaired) electrons. The molecule has 3 saturated carbocycles. The van der Waals surface area contributed by atoms with E-state index in [4.69, 9.17) is 9.72 Å². The summed E-state index contributed by atoms with van der Waals surface area (Å²) < 4.78 is 82.4. The zero-order valence-electron chi connectivity index (χ0n) is 28.6. The van der Waals surface area contributed by atoms with Gasteiger partial charge in [-0.1, -0.05) is 25.7 Å². The summed E-state index contributed by atoms with van der Waals surface area (Å²) in [7, 11) is -1.37. The van der Waals surface area contributed by atoms with E-state index in [0.717, 1.165) is 37.2 Å². The first-order valence-electron chi connectivity index (χ1n) is 17.2. The smallest absolute Gasteiger partial charge is 0.324 e. The van der Waals surface area contributed by atoms with Gasteiger partial charge in [-0.2, -0.15) is 8.78 Å². The van der Waals surface area contributed by atoms with E-state index in [-0.39, 0.29) is 50.2 Å². The monoisotopic (exact) mass is 700 g/mol. The van der Waals surface area contributed by atoms with E-state index in [9.17, 15) is 26.9 Å². The van der Waals surface area contributed by atoms with Crippen LogP contribution in [-0.4, -0.2) is 51.3 Å². The molecule has 1 aromatic heterocycles. The van der Waals surface area contributed by atoms with Crippen LogP contribution in [0.4, 0.5) is 17.6 Å². The Morgan fingerprint density at radius 2 is 1.72 bits per heavy atom. The predicted octanol–water partition coefficient (Wildman–Crippen LogP) is 8.27. The number of hydrogen-bond acceptors (Lipinski definition) is 5. The summed E-state index contributed by atoms with van der Waals surface area (Å²) >= 11 is -1.51. The lowest BCUT2D eigenvalue weighted by molar-refractivity contribution is -0.148. The fraction of sp³-hybridized carbons (Fsp3) is 0.765. The van der Waals surface area contributed by atoms with Crippen LogP contribution < -0.4 is 10.0 Å². The molecular formula is C34H52F4N4O3SSi. The van der Waals surface area contributed by atoms with Crippen LogP contribution in [0.3, 0.4) is 0 Å². The molecule has 3 fully saturated rings. The maximum atomic E-state index is 14.8. The Kier molecular flexibility index (Phi) is 10.8. The van der Waals surface area contributed by atoms with E-state index < -0.39 is 60.4 Å². The average molecular weight is 701 g/mol. The Morgan fingerprint density at radius 1 is 1.09 bits per heavy atom. The fourth-order valence-electron chi connectivity index (χ4n) is 6.24. The van der Waals surface area contributed by atoms with Crippen LogP contribution in [0, 0.1) is 17.8 Å². The number of alkyl halides is 4. The van der Waals surface area contributed by atoms with Crippen molar-refractivity contribution in [1.29, 1.82) is 0 Å². The molecule has 3 atom stereocenters. The number of carbonyl (C=O) groups excluding carboxylic acids is 1. The maximum Gasteiger partial charge on any atom is 0.324 e. The number of rotatable bonds is 15. The Bertz CT molecular complexity index is 1390. The first-order valence-corrected chi connectivity index (χ1v) is 22.0. The minimum absolute atomic E-state index is 0.0621. The molecule has 3 aliphatic carbocycles. The summed E-state index contributed by atoms with van der Waals surface area (Å²) in [6.45, 7) is 13.1. The number of amides is 1. The molecule has 1 amide bonds. The maximum absolute atomic E-state index is 14.8. The van der Waals surface area contributed by atoms with Gasteiger partial charge in [-0.05, 0) is 101 Å². The minimum atomic E-state index is -3.42. The lowest BCUT2D eigenvalue weighted by Gasteiger charge is -2.35. The van der Waals surface area contributed by atoms with Crippen molar-refractivity contribution in [3.63, 3.8) is 0 Å². The molecule has 47 heavy (non-hydrogen) atoms. The summed E-state index contributed by atoms with van der Waals surface area (Å²) in [6, 6.07) is 5.38. The highest BCUT2D eigenvalue weighted by Crippen LogP contribution is 2.45. The van der Waals surface area contributed by atoms with Crippen LogP contribution in [0.1, 0.15) is 102 Å². The van der Waals surface area contributed by atoms with E-state index in [1.165, 1.54) is 0 Å². The lowest BCUT2D eigenvalue weighted by atomic mass is 9.82. The van der Waals surface area contributed by atoms with E-state index in [0.29, 0.717) is 23.5 Å². The van der Waals surface area contributed by atoms with Crippen LogP contribution in [0.15, 0.2) is 18.2 Å². The topological polar surface area (TPSA) is 91.2 Å². The van der Waals surface area contributed by atoms with E-state index >= 15 is 0 Å². The molecule has 0 bridgehead atoms. The van der Waals surface area contributed by atoms with Gasteiger partial charge in [0.05, 0.1) is 17.1 Å². The van der Waals surface area contributed by atoms with Crippen LogP contribution in [0.5, 0.6) is 0 Å². The molecule has 2 aromatic rings. The van der Waals surface area contributed by atoms with Crippen LogP contribution in [0.25, 0.3) is 11.0 Å². The highest BCUT2D eigenvalue weighted by atomic mass is 32.2. The molecule has 0 spiro atoms. The number of benzene rings is 1. The molecule has 3 aliphatic rings. The molecule has 264 valence electrons.